The van der Waals surface area contributed by atoms with Crippen molar-refractivity contribution in [1.82, 2.24) is 19.6 Å². The van der Waals surface area contributed by atoms with Crippen molar-refractivity contribution in [3.63, 3.8) is 0 Å². The highest BCUT2D eigenvalue weighted by Crippen LogP contribution is 2.20. The van der Waals surface area contributed by atoms with Gasteiger partial charge in [-0.25, -0.2) is 0 Å². The van der Waals surface area contributed by atoms with Gasteiger partial charge in [0.2, 0.25) is 11.8 Å². The molecule has 2 rings (SSSR count). The van der Waals surface area contributed by atoms with E-state index in [1.807, 2.05) is 13.8 Å². The molecule has 0 spiro atoms. The number of likely N-dealkylation sites (tertiary alicyclic amines) is 1. The topological polar surface area (TPSA) is 102 Å². The zero-order valence-corrected chi connectivity index (χ0v) is 14.1. The Kier molecular flexibility index (Phi) is 5.88. The van der Waals surface area contributed by atoms with Gasteiger partial charge in [0.1, 0.15) is 18.4 Å². The minimum absolute atomic E-state index is 0.000534. The zero-order valence-electron chi connectivity index (χ0n) is 14.1. The molecule has 1 fully saturated rings. The lowest BCUT2D eigenvalue weighted by molar-refractivity contribution is -0.385. The number of carbonyl (C=O) groups excluding carboxylic acids is 2. The van der Waals surface area contributed by atoms with E-state index < -0.39 is 4.92 Å². The van der Waals surface area contributed by atoms with Crippen LogP contribution in [0.4, 0.5) is 5.69 Å². The minimum atomic E-state index is -0.523. The number of rotatable bonds is 7. The molecule has 0 bridgehead atoms. The highest BCUT2D eigenvalue weighted by Gasteiger charge is 2.35. The number of hydrogen-bond donors (Lipinski definition) is 0. The van der Waals surface area contributed by atoms with E-state index in [1.165, 1.54) is 10.9 Å². The van der Waals surface area contributed by atoms with Crippen molar-refractivity contribution in [3.8, 4) is 0 Å². The van der Waals surface area contributed by atoms with Crippen LogP contribution in [0.25, 0.3) is 0 Å². The number of likely N-dealkylation sites (N-methyl/N-ethyl adjacent to an activating group) is 1. The molecular formula is C15H23N5O4. The second kappa shape index (κ2) is 7.89. The molecule has 0 radical (unpaired) electrons. The first-order valence-corrected chi connectivity index (χ1v) is 8.23. The highest BCUT2D eigenvalue weighted by molar-refractivity contribution is 5.88. The summed E-state index contributed by atoms with van der Waals surface area (Å²) in [4.78, 5) is 38.5. The Labute approximate surface area is 140 Å². The Hall–Kier alpha value is -2.45. The van der Waals surface area contributed by atoms with Crippen molar-refractivity contribution in [3.05, 3.63) is 22.5 Å². The number of nitrogens with zero attached hydrogens (tertiary/aromatic N) is 5. The van der Waals surface area contributed by atoms with E-state index in [1.54, 1.807) is 9.80 Å². The van der Waals surface area contributed by atoms with Crippen LogP contribution in [-0.2, 0) is 16.1 Å². The summed E-state index contributed by atoms with van der Waals surface area (Å²) < 4.78 is 1.38. The summed E-state index contributed by atoms with van der Waals surface area (Å²) >= 11 is 0. The number of hydrogen-bond acceptors (Lipinski definition) is 5. The number of carbonyl (C=O) groups is 2. The van der Waals surface area contributed by atoms with Gasteiger partial charge in [-0.05, 0) is 26.7 Å². The first-order valence-electron chi connectivity index (χ1n) is 8.23. The molecule has 132 valence electrons. The highest BCUT2D eigenvalue weighted by atomic mass is 16.6. The summed E-state index contributed by atoms with van der Waals surface area (Å²) in [5.41, 5.74) is -0.0989. The van der Waals surface area contributed by atoms with Crippen LogP contribution in [0.3, 0.4) is 0 Å². The van der Waals surface area contributed by atoms with Crippen LogP contribution in [0.15, 0.2) is 12.4 Å². The molecule has 24 heavy (non-hydrogen) atoms. The SMILES string of the molecule is CCN(CC)C(=O)C1CCCN1C(=O)CCn1cc([N+](=O)[O-])cn1. The quantitative estimate of drug-likeness (QED) is 0.546. The lowest BCUT2D eigenvalue weighted by Gasteiger charge is -2.29. The van der Waals surface area contributed by atoms with Crippen molar-refractivity contribution in [2.45, 2.75) is 45.7 Å². The molecule has 1 unspecified atom stereocenters. The number of aromatic nitrogens is 2. The van der Waals surface area contributed by atoms with E-state index in [-0.39, 0.29) is 36.5 Å². The first kappa shape index (κ1) is 17.9. The Bertz CT molecular complexity index is 611. The maximum atomic E-state index is 12.5. The molecular weight excluding hydrogens is 314 g/mol. The molecule has 1 aliphatic heterocycles. The molecule has 0 N–H and O–H groups in total. The van der Waals surface area contributed by atoms with E-state index in [0.717, 1.165) is 12.6 Å². The summed E-state index contributed by atoms with van der Waals surface area (Å²) in [6.45, 7) is 5.95. The number of amides is 2. The molecule has 1 aromatic rings. The van der Waals surface area contributed by atoms with Crippen molar-refractivity contribution in [1.29, 1.82) is 0 Å². The van der Waals surface area contributed by atoms with Gasteiger partial charge in [-0.1, -0.05) is 0 Å². The van der Waals surface area contributed by atoms with Crippen molar-refractivity contribution >= 4 is 17.5 Å². The Morgan fingerprint density at radius 1 is 1.42 bits per heavy atom. The van der Waals surface area contributed by atoms with Crippen molar-refractivity contribution < 1.29 is 14.5 Å². The summed E-state index contributed by atoms with van der Waals surface area (Å²) in [6.07, 6.45) is 4.13. The predicted molar refractivity (Wildman–Crippen MR) is 86.2 cm³/mol. The van der Waals surface area contributed by atoms with Crippen molar-refractivity contribution in [2.24, 2.45) is 0 Å². The van der Waals surface area contributed by atoms with E-state index in [9.17, 15) is 19.7 Å². The fourth-order valence-electron chi connectivity index (χ4n) is 2.99. The van der Waals surface area contributed by atoms with Crippen LogP contribution in [0, 0.1) is 10.1 Å². The lowest BCUT2D eigenvalue weighted by atomic mass is 10.2. The van der Waals surface area contributed by atoms with E-state index in [2.05, 4.69) is 5.10 Å². The third-order valence-electron chi connectivity index (χ3n) is 4.32. The standard InChI is InChI=1S/C15H23N5O4/c1-3-17(4-2)15(22)13-6-5-8-19(13)14(21)7-9-18-11-12(10-16-18)20(23)24/h10-11,13H,3-9H2,1-2H3. The summed E-state index contributed by atoms with van der Waals surface area (Å²) in [6, 6.07) is -0.385. The minimum Gasteiger partial charge on any atom is -0.341 e. The zero-order chi connectivity index (χ0) is 17.7. The molecule has 2 heterocycles. The lowest BCUT2D eigenvalue weighted by Crippen LogP contribution is -2.47. The summed E-state index contributed by atoms with van der Waals surface area (Å²) in [5.74, 6) is -0.114. The van der Waals surface area contributed by atoms with E-state index in [0.29, 0.717) is 26.1 Å². The Morgan fingerprint density at radius 3 is 2.71 bits per heavy atom. The summed E-state index contributed by atoms with van der Waals surface area (Å²) in [5, 5.41) is 14.5. The van der Waals surface area contributed by atoms with Gasteiger partial charge >= 0.3 is 5.69 Å². The fraction of sp³-hybridized carbons (Fsp3) is 0.667. The van der Waals surface area contributed by atoms with Gasteiger partial charge in [0.05, 0.1) is 4.92 Å². The van der Waals surface area contributed by atoms with Crippen molar-refractivity contribution in [2.75, 3.05) is 19.6 Å². The molecule has 0 aliphatic carbocycles. The van der Waals surface area contributed by atoms with Gasteiger partial charge in [-0.2, -0.15) is 5.10 Å². The average molecular weight is 337 g/mol. The van der Waals surface area contributed by atoms with Crippen LogP contribution in [-0.4, -0.2) is 62.0 Å². The van der Waals surface area contributed by atoms with E-state index in [4.69, 9.17) is 0 Å². The molecule has 0 aromatic carbocycles. The predicted octanol–water partition coefficient (Wildman–Crippen LogP) is 1.04. The first-order chi connectivity index (χ1) is 11.5. The Morgan fingerprint density at radius 2 is 2.12 bits per heavy atom. The molecule has 2 amide bonds. The number of nitro groups is 1. The molecule has 1 aliphatic rings. The third kappa shape index (κ3) is 3.90. The van der Waals surface area contributed by atoms with Crippen LogP contribution in [0.1, 0.15) is 33.1 Å². The second-order valence-electron chi connectivity index (χ2n) is 5.72. The average Bonchev–Trinajstić information content (AvgIpc) is 3.23. The monoisotopic (exact) mass is 337 g/mol. The third-order valence-corrected chi connectivity index (χ3v) is 4.32. The van der Waals surface area contributed by atoms with Gasteiger partial charge < -0.3 is 9.80 Å². The molecule has 9 nitrogen and oxygen atoms in total. The Balaban J connectivity index is 1.95. The molecule has 1 aromatic heterocycles. The largest absolute Gasteiger partial charge is 0.341 e. The maximum Gasteiger partial charge on any atom is 0.306 e. The number of aryl methyl sites for hydroxylation is 1. The van der Waals surface area contributed by atoms with Crippen LogP contribution >= 0.6 is 0 Å². The van der Waals surface area contributed by atoms with Crippen LogP contribution in [0.2, 0.25) is 0 Å². The van der Waals surface area contributed by atoms with Gasteiger partial charge in [-0.3, -0.25) is 24.4 Å². The van der Waals surface area contributed by atoms with Gasteiger partial charge in [0, 0.05) is 32.6 Å². The second-order valence-corrected chi connectivity index (χ2v) is 5.72. The molecule has 0 saturated carbocycles. The fourth-order valence-corrected chi connectivity index (χ4v) is 2.99. The molecule has 9 heteroatoms. The summed E-state index contributed by atoms with van der Waals surface area (Å²) in [7, 11) is 0. The molecule has 1 saturated heterocycles. The molecule has 1 atom stereocenters. The van der Waals surface area contributed by atoms with Gasteiger partial charge in [0.25, 0.3) is 0 Å². The van der Waals surface area contributed by atoms with Gasteiger partial charge in [0.15, 0.2) is 0 Å². The van der Waals surface area contributed by atoms with E-state index >= 15 is 0 Å². The van der Waals surface area contributed by atoms with Crippen LogP contribution < -0.4 is 0 Å². The van der Waals surface area contributed by atoms with Gasteiger partial charge in [-0.15, -0.1) is 0 Å². The van der Waals surface area contributed by atoms with Crippen LogP contribution in [0.5, 0.6) is 0 Å². The maximum absolute atomic E-state index is 12.5. The normalized spacial score (nSPS) is 17.1. The smallest absolute Gasteiger partial charge is 0.306 e.